The first-order valence-corrected chi connectivity index (χ1v) is 4.51. The van der Waals surface area contributed by atoms with Crippen LogP contribution in [-0.4, -0.2) is 0 Å². The third kappa shape index (κ3) is 2.38. The van der Waals surface area contributed by atoms with Crippen LogP contribution in [-0.2, 0) is 0 Å². The maximum atomic E-state index is 12.7. The van der Waals surface area contributed by atoms with Gasteiger partial charge >= 0.3 is 0 Å². The molecule has 0 aliphatic heterocycles. The highest BCUT2D eigenvalue weighted by atomic mass is 32.2. The van der Waals surface area contributed by atoms with Gasteiger partial charge in [-0.2, -0.15) is 0 Å². The van der Waals surface area contributed by atoms with Crippen LogP contribution >= 0.6 is 11.8 Å². The predicted octanol–water partition coefficient (Wildman–Crippen LogP) is 3.76. The minimum absolute atomic E-state index is 0.182. The van der Waals surface area contributed by atoms with Crippen LogP contribution in [0.2, 0.25) is 0 Å². The fourth-order valence-corrected chi connectivity index (χ4v) is 1.65. The summed E-state index contributed by atoms with van der Waals surface area (Å²) in [4.78, 5) is 2.09. The van der Waals surface area contributed by atoms with Crippen molar-refractivity contribution in [3.8, 4) is 0 Å². The van der Waals surface area contributed by atoms with Crippen LogP contribution in [0.4, 0.5) is 4.39 Å². The Hall–Kier alpha value is -0.760. The van der Waals surface area contributed by atoms with E-state index in [1.54, 1.807) is 17.8 Å². The normalized spacial score (nSPS) is 9.92. The smallest absolute Gasteiger partial charge is 0.123 e. The Labute approximate surface area is 76.5 Å². The van der Waals surface area contributed by atoms with Crippen molar-refractivity contribution in [2.45, 2.75) is 18.7 Å². The molecule has 12 heavy (non-hydrogen) atoms. The SMILES string of the molecule is C=C(C)Sc1ccc(F)cc1C. The number of halogens is 1. The average Bonchev–Trinajstić information content (AvgIpc) is 1.94. The standard InChI is InChI=1S/C10H11FS/c1-7(2)12-10-5-4-9(11)6-8(10)3/h4-6H,1H2,2-3H3. The van der Waals surface area contributed by atoms with Crippen LogP contribution in [0.15, 0.2) is 34.6 Å². The fourth-order valence-electron chi connectivity index (χ4n) is 0.915. The van der Waals surface area contributed by atoms with Gasteiger partial charge in [0, 0.05) is 4.90 Å². The lowest BCUT2D eigenvalue weighted by molar-refractivity contribution is 0.625. The van der Waals surface area contributed by atoms with Crippen molar-refractivity contribution >= 4 is 11.8 Å². The van der Waals surface area contributed by atoms with E-state index in [-0.39, 0.29) is 5.82 Å². The lowest BCUT2D eigenvalue weighted by atomic mass is 10.2. The first-order chi connectivity index (χ1) is 5.59. The molecule has 0 saturated heterocycles. The van der Waals surface area contributed by atoms with Gasteiger partial charge in [-0.15, -0.1) is 0 Å². The van der Waals surface area contributed by atoms with Crippen molar-refractivity contribution in [3.63, 3.8) is 0 Å². The van der Waals surface area contributed by atoms with Gasteiger partial charge in [-0.1, -0.05) is 18.3 Å². The summed E-state index contributed by atoms with van der Waals surface area (Å²) in [6.07, 6.45) is 0. The molecule has 0 saturated carbocycles. The highest BCUT2D eigenvalue weighted by Crippen LogP contribution is 2.27. The summed E-state index contributed by atoms with van der Waals surface area (Å²) in [5, 5.41) is 0. The third-order valence-electron chi connectivity index (χ3n) is 1.42. The van der Waals surface area contributed by atoms with Gasteiger partial charge in [0.05, 0.1) is 0 Å². The van der Waals surface area contributed by atoms with E-state index in [2.05, 4.69) is 6.58 Å². The minimum Gasteiger partial charge on any atom is -0.207 e. The van der Waals surface area contributed by atoms with Gasteiger partial charge in [0.1, 0.15) is 5.82 Å². The molecule has 2 heteroatoms. The van der Waals surface area contributed by atoms with E-state index in [1.807, 2.05) is 13.8 Å². The number of rotatable bonds is 2. The van der Waals surface area contributed by atoms with E-state index >= 15 is 0 Å². The second kappa shape index (κ2) is 3.76. The first-order valence-electron chi connectivity index (χ1n) is 3.69. The van der Waals surface area contributed by atoms with Crippen LogP contribution in [0, 0.1) is 12.7 Å². The molecule has 0 spiro atoms. The average molecular weight is 182 g/mol. The second-order valence-electron chi connectivity index (χ2n) is 2.71. The summed E-state index contributed by atoms with van der Waals surface area (Å²) in [6.45, 7) is 7.62. The number of allylic oxidation sites excluding steroid dienone is 1. The summed E-state index contributed by atoms with van der Waals surface area (Å²) in [5.74, 6) is -0.182. The maximum Gasteiger partial charge on any atom is 0.123 e. The summed E-state index contributed by atoms with van der Waals surface area (Å²) < 4.78 is 12.7. The van der Waals surface area contributed by atoms with E-state index in [4.69, 9.17) is 0 Å². The Bertz CT molecular complexity index is 305. The zero-order chi connectivity index (χ0) is 9.14. The highest BCUT2D eigenvalue weighted by molar-refractivity contribution is 8.03. The lowest BCUT2D eigenvalue weighted by Crippen LogP contribution is -1.81. The highest BCUT2D eigenvalue weighted by Gasteiger charge is 1.99. The molecule has 0 amide bonds. The van der Waals surface area contributed by atoms with Gasteiger partial charge in [0.2, 0.25) is 0 Å². The molecule has 0 atom stereocenters. The molecule has 0 nitrogen and oxygen atoms in total. The van der Waals surface area contributed by atoms with E-state index in [1.165, 1.54) is 12.1 Å². The van der Waals surface area contributed by atoms with Crippen molar-refractivity contribution in [2.75, 3.05) is 0 Å². The van der Waals surface area contributed by atoms with Crippen LogP contribution in [0.5, 0.6) is 0 Å². The molecular weight excluding hydrogens is 171 g/mol. The fraction of sp³-hybridized carbons (Fsp3) is 0.200. The quantitative estimate of drug-likeness (QED) is 0.627. The molecule has 64 valence electrons. The van der Waals surface area contributed by atoms with Gasteiger partial charge < -0.3 is 0 Å². The molecule has 0 bridgehead atoms. The molecule has 0 radical (unpaired) electrons. The monoisotopic (exact) mass is 182 g/mol. The molecule has 0 N–H and O–H groups in total. The van der Waals surface area contributed by atoms with Crippen molar-refractivity contribution in [1.82, 2.24) is 0 Å². The summed E-state index contributed by atoms with van der Waals surface area (Å²) >= 11 is 1.57. The predicted molar refractivity (Wildman–Crippen MR) is 51.8 cm³/mol. The van der Waals surface area contributed by atoms with Crippen LogP contribution in [0.1, 0.15) is 12.5 Å². The molecule has 0 aromatic heterocycles. The Morgan fingerprint density at radius 1 is 1.50 bits per heavy atom. The Kier molecular flexibility index (Phi) is 2.93. The van der Waals surface area contributed by atoms with E-state index in [0.717, 1.165) is 15.4 Å². The Balaban J connectivity index is 2.93. The molecule has 1 rings (SSSR count). The van der Waals surface area contributed by atoms with Crippen molar-refractivity contribution in [2.24, 2.45) is 0 Å². The zero-order valence-electron chi connectivity index (χ0n) is 7.23. The van der Waals surface area contributed by atoms with Crippen LogP contribution in [0.3, 0.4) is 0 Å². The number of hydrogen-bond acceptors (Lipinski definition) is 1. The number of hydrogen-bond donors (Lipinski definition) is 0. The second-order valence-corrected chi connectivity index (χ2v) is 4.05. The molecule has 1 aromatic carbocycles. The van der Waals surface area contributed by atoms with Crippen LogP contribution in [0.25, 0.3) is 0 Å². The molecule has 0 fully saturated rings. The van der Waals surface area contributed by atoms with E-state index < -0.39 is 0 Å². The maximum absolute atomic E-state index is 12.7. The first kappa shape index (κ1) is 9.33. The van der Waals surface area contributed by atoms with Gasteiger partial charge in [-0.25, -0.2) is 4.39 Å². The number of benzene rings is 1. The molecular formula is C10H11FS. The molecule has 0 unspecified atom stereocenters. The molecule has 0 aliphatic rings. The Morgan fingerprint density at radius 2 is 2.17 bits per heavy atom. The van der Waals surface area contributed by atoms with Crippen molar-refractivity contribution in [3.05, 3.63) is 41.1 Å². The molecule has 0 heterocycles. The lowest BCUT2D eigenvalue weighted by Gasteiger charge is -2.03. The van der Waals surface area contributed by atoms with E-state index in [9.17, 15) is 4.39 Å². The topological polar surface area (TPSA) is 0 Å². The van der Waals surface area contributed by atoms with Gasteiger partial charge in [-0.3, -0.25) is 0 Å². The number of thioether (sulfide) groups is 1. The van der Waals surface area contributed by atoms with Gasteiger partial charge in [-0.05, 0) is 42.5 Å². The largest absolute Gasteiger partial charge is 0.207 e. The van der Waals surface area contributed by atoms with Crippen molar-refractivity contribution in [1.29, 1.82) is 0 Å². The third-order valence-corrected chi connectivity index (χ3v) is 2.45. The number of aryl methyl sites for hydroxylation is 1. The molecule has 0 aliphatic carbocycles. The summed E-state index contributed by atoms with van der Waals surface area (Å²) in [5.41, 5.74) is 0.961. The molecule has 1 aromatic rings. The minimum atomic E-state index is -0.182. The van der Waals surface area contributed by atoms with Crippen LogP contribution < -0.4 is 0 Å². The summed E-state index contributed by atoms with van der Waals surface area (Å²) in [7, 11) is 0. The van der Waals surface area contributed by atoms with Gasteiger partial charge in [0.15, 0.2) is 0 Å². The van der Waals surface area contributed by atoms with Gasteiger partial charge in [0.25, 0.3) is 0 Å². The summed E-state index contributed by atoms with van der Waals surface area (Å²) in [6, 6.07) is 4.79. The Morgan fingerprint density at radius 3 is 2.67 bits per heavy atom. The zero-order valence-corrected chi connectivity index (χ0v) is 8.04. The van der Waals surface area contributed by atoms with Crippen molar-refractivity contribution < 1.29 is 4.39 Å². The van der Waals surface area contributed by atoms with E-state index in [0.29, 0.717) is 0 Å².